The minimum absolute atomic E-state index is 0. The van der Waals surface area contributed by atoms with Crippen molar-refractivity contribution in [1.29, 1.82) is 0 Å². The smallest absolute Gasteiger partial charge is 0.387 e. The number of aliphatic imine (C=N–C) groups is 1. The SMILES string of the molecule is CCNC(=NCc1cc2c(cc1OC(F)F)OCO2)NCCCn1cnc2ccccc21.I. The van der Waals surface area contributed by atoms with Gasteiger partial charge < -0.3 is 29.4 Å². The Morgan fingerprint density at radius 3 is 2.79 bits per heavy atom. The normalized spacial score (nSPS) is 12.7. The molecule has 0 fully saturated rings. The van der Waals surface area contributed by atoms with Crippen LogP contribution in [0.3, 0.4) is 0 Å². The predicted molar refractivity (Wildman–Crippen MR) is 132 cm³/mol. The standard InChI is InChI=1S/C22H25F2N5O3.HI/c1-2-25-22(26-8-5-9-29-13-28-16-6-3-4-7-17(16)29)27-12-15-10-19-20(31-14-30-19)11-18(15)32-21(23)24;/h3-4,6-7,10-11,13,21H,2,5,8-9,12,14H2,1H3,(H2,25,26,27);1H. The molecule has 0 radical (unpaired) electrons. The lowest BCUT2D eigenvalue weighted by molar-refractivity contribution is -0.0505. The van der Waals surface area contributed by atoms with Crippen molar-refractivity contribution in [3.8, 4) is 17.2 Å². The van der Waals surface area contributed by atoms with Gasteiger partial charge in [-0.1, -0.05) is 12.1 Å². The summed E-state index contributed by atoms with van der Waals surface area (Å²) in [5.41, 5.74) is 2.56. The van der Waals surface area contributed by atoms with Crippen LogP contribution in [-0.2, 0) is 13.1 Å². The molecule has 0 saturated carbocycles. The maximum atomic E-state index is 12.8. The minimum atomic E-state index is -2.94. The molecule has 1 aliphatic heterocycles. The lowest BCUT2D eigenvalue weighted by Crippen LogP contribution is -2.38. The van der Waals surface area contributed by atoms with Gasteiger partial charge in [-0.2, -0.15) is 8.78 Å². The van der Waals surface area contributed by atoms with Crippen molar-refractivity contribution in [2.75, 3.05) is 19.9 Å². The van der Waals surface area contributed by atoms with Gasteiger partial charge in [-0.3, -0.25) is 0 Å². The number of guanidine groups is 1. The number of benzene rings is 2. The van der Waals surface area contributed by atoms with Gasteiger partial charge in [0.2, 0.25) is 6.79 Å². The number of fused-ring (bicyclic) bond motifs is 2. The number of ether oxygens (including phenoxy) is 3. The number of para-hydroxylation sites is 2. The van der Waals surface area contributed by atoms with E-state index in [0.29, 0.717) is 36.1 Å². The molecule has 2 heterocycles. The molecule has 1 aromatic heterocycles. The van der Waals surface area contributed by atoms with Crippen molar-refractivity contribution >= 4 is 41.0 Å². The summed E-state index contributed by atoms with van der Waals surface area (Å²) >= 11 is 0. The van der Waals surface area contributed by atoms with Gasteiger partial charge in [0.1, 0.15) is 5.75 Å². The van der Waals surface area contributed by atoms with E-state index in [9.17, 15) is 8.78 Å². The van der Waals surface area contributed by atoms with Gasteiger partial charge in [-0.05, 0) is 31.5 Å². The van der Waals surface area contributed by atoms with Crippen molar-refractivity contribution in [3.05, 3.63) is 48.3 Å². The third kappa shape index (κ3) is 6.36. The van der Waals surface area contributed by atoms with Crippen molar-refractivity contribution < 1.29 is 23.0 Å². The largest absolute Gasteiger partial charge is 0.454 e. The molecule has 11 heteroatoms. The zero-order valence-electron chi connectivity index (χ0n) is 18.1. The molecule has 2 aromatic carbocycles. The van der Waals surface area contributed by atoms with E-state index in [0.717, 1.165) is 24.0 Å². The van der Waals surface area contributed by atoms with Crippen molar-refractivity contribution in [3.63, 3.8) is 0 Å². The molecule has 178 valence electrons. The predicted octanol–water partition coefficient (Wildman–Crippen LogP) is 4.13. The molecule has 3 aromatic rings. The Hall–Kier alpha value is -2.83. The summed E-state index contributed by atoms with van der Waals surface area (Å²) in [4.78, 5) is 8.92. The van der Waals surface area contributed by atoms with E-state index in [2.05, 4.69) is 29.9 Å². The number of nitrogens with zero attached hydrogens (tertiary/aromatic N) is 3. The van der Waals surface area contributed by atoms with Crippen molar-refractivity contribution in [2.45, 2.75) is 33.0 Å². The Balaban J connectivity index is 0.00000306. The van der Waals surface area contributed by atoms with Crippen LogP contribution in [-0.4, -0.2) is 42.0 Å². The topological polar surface area (TPSA) is 81.9 Å². The van der Waals surface area contributed by atoms with Crippen LogP contribution in [0.25, 0.3) is 11.0 Å². The molecule has 0 bridgehead atoms. The van der Waals surface area contributed by atoms with Crippen LogP contribution in [0.1, 0.15) is 18.9 Å². The summed E-state index contributed by atoms with van der Waals surface area (Å²) in [7, 11) is 0. The zero-order chi connectivity index (χ0) is 22.3. The van der Waals surface area contributed by atoms with E-state index in [1.807, 2.05) is 37.5 Å². The minimum Gasteiger partial charge on any atom is -0.454 e. The van der Waals surface area contributed by atoms with Gasteiger partial charge in [-0.25, -0.2) is 9.98 Å². The number of hydrogen-bond donors (Lipinski definition) is 2. The summed E-state index contributed by atoms with van der Waals surface area (Å²) in [6, 6.07) is 11.0. The fourth-order valence-electron chi connectivity index (χ4n) is 3.45. The monoisotopic (exact) mass is 573 g/mol. The number of aryl methyl sites for hydroxylation is 1. The molecule has 4 rings (SSSR count). The number of rotatable bonds is 9. The summed E-state index contributed by atoms with van der Waals surface area (Å²) < 4.78 is 43.0. The summed E-state index contributed by atoms with van der Waals surface area (Å²) in [6.07, 6.45) is 2.70. The molecule has 1 aliphatic rings. The van der Waals surface area contributed by atoms with Crippen LogP contribution in [0, 0.1) is 0 Å². The van der Waals surface area contributed by atoms with E-state index < -0.39 is 6.61 Å². The van der Waals surface area contributed by atoms with Crippen LogP contribution in [0.5, 0.6) is 17.2 Å². The van der Waals surface area contributed by atoms with E-state index in [1.165, 1.54) is 6.07 Å². The molecule has 2 N–H and O–H groups in total. The van der Waals surface area contributed by atoms with Crippen molar-refractivity contribution in [1.82, 2.24) is 20.2 Å². The molecule has 0 saturated heterocycles. The fourth-order valence-corrected chi connectivity index (χ4v) is 3.45. The number of nitrogens with one attached hydrogen (secondary N) is 2. The Bertz CT molecular complexity index is 1090. The molecule has 33 heavy (non-hydrogen) atoms. The summed E-state index contributed by atoms with van der Waals surface area (Å²) in [5.74, 6) is 1.48. The quantitative estimate of drug-likeness (QED) is 0.174. The average molecular weight is 573 g/mol. The second kappa shape index (κ2) is 11.9. The number of alkyl halides is 2. The Morgan fingerprint density at radius 2 is 2.00 bits per heavy atom. The molecule has 0 spiro atoms. The maximum Gasteiger partial charge on any atom is 0.387 e. The van der Waals surface area contributed by atoms with Gasteiger partial charge in [0.15, 0.2) is 17.5 Å². The molecule has 0 aliphatic carbocycles. The Kier molecular flexibility index (Phi) is 8.92. The van der Waals surface area contributed by atoms with E-state index >= 15 is 0 Å². The zero-order valence-corrected chi connectivity index (χ0v) is 20.4. The lowest BCUT2D eigenvalue weighted by atomic mass is 10.1. The first-order valence-corrected chi connectivity index (χ1v) is 10.4. The second-order valence-corrected chi connectivity index (χ2v) is 7.09. The van der Waals surface area contributed by atoms with Gasteiger partial charge in [0.05, 0.1) is 23.9 Å². The third-order valence-corrected chi connectivity index (χ3v) is 4.92. The Labute approximate surface area is 207 Å². The first-order valence-electron chi connectivity index (χ1n) is 10.4. The highest BCUT2D eigenvalue weighted by Crippen LogP contribution is 2.39. The van der Waals surface area contributed by atoms with E-state index in [-0.39, 0.29) is 43.1 Å². The second-order valence-electron chi connectivity index (χ2n) is 7.09. The van der Waals surface area contributed by atoms with Crippen LogP contribution >= 0.6 is 24.0 Å². The molecular formula is C22H26F2IN5O3. The van der Waals surface area contributed by atoms with Crippen molar-refractivity contribution in [2.24, 2.45) is 4.99 Å². The first kappa shape index (κ1) is 24.8. The fraction of sp³-hybridized carbons (Fsp3) is 0.364. The first-order chi connectivity index (χ1) is 15.6. The molecule has 0 unspecified atom stereocenters. The highest BCUT2D eigenvalue weighted by Gasteiger charge is 2.20. The molecule has 0 atom stereocenters. The third-order valence-electron chi connectivity index (χ3n) is 4.92. The highest BCUT2D eigenvalue weighted by atomic mass is 127. The van der Waals surface area contributed by atoms with Gasteiger partial charge >= 0.3 is 6.61 Å². The van der Waals surface area contributed by atoms with Crippen LogP contribution < -0.4 is 24.8 Å². The van der Waals surface area contributed by atoms with E-state index in [4.69, 9.17) is 9.47 Å². The highest BCUT2D eigenvalue weighted by molar-refractivity contribution is 14.0. The number of imidazole rings is 1. The van der Waals surface area contributed by atoms with Gasteiger partial charge in [-0.15, -0.1) is 24.0 Å². The number of aromatic nitrogens is 2. The lowest BCUT2D eigenvalue weighted by Gasteiger charge is -2.13. The van der Waals surface area contributed by atoms with Crippen LogP contribution in [0.2, 0.25) is 0 Å². The average Bonchev–Trinajstić information content (AvgIpc) is 3.41. The molecule has 8 nitrogen and oxygen atoms in total. The molecular weight excluding hydrogens is 547 g/mol. The summed E-state index contributed by atoms with van der Waals surface area (Å²) in [6.45, 7) is 1.36. The van der Waals surface area contributed by atoms with Gasteiger partial charge in [0, 0.05) is 31.3 Å². The van der Waals surface area contributed by atoms with Crippen LogP contribution in [0.4, 0.5) is 8.78 Å². The van der Waals surface area contributed by atoms with Gasteiger partial charge in [0.25, 0.3) is 0 Å². The maximum absolute atomic E-state index is 12.8. The Morgan fingerprint density at radius 1 is 1.21 bits per heavy atom. The summed E-state index contributed by atoms with van der Waals surface area (Å²) in [5, 5.41) is 6.44. The van der Waals surface area contributed by atoms with E-state index in [1.54, 1.807) is 6.07 Å². The number of halogens is 3. The molecule has 0 amide bonds. The van der Waals surface area contributed by atoms with Crippen LogP contribution in [0.15, 0.2) is 47.7 Å². The number of hydrogen-bond acceptors (Lipinski definition) is 5.